The summed E-state index contributed by atoms with van der Waals surface area (Å²) in [6.45, 7) is 7.37. The van der Waals surface area contributed by atoms with E-state index in [0.29, 0.717) is 5.88 Å². The lowest BCUT2D eigenvalue weighted by molar-refractivity contribution is 0.309. The molecule has 0 fully saturated rings. The van der Waals surface area contributed by atoms with Crippen molar-refractivity contribution >= 4 is 11.6 Å². The molecule has 0 saturated heterocycles. The van der Waals surface area contributed by atoms with Gasteiger partial charge in [-0.25, -0.2) is 0 Å². The van der Waals surface area contributed by atoms with Gasteiger partial charge in [0.2, 0.25) is 0 Å². The standard InChI is InChI=1S/C14H21ClO/c1-14(2,3)12-7-6-8-13(11-12)16-10-5-4-9-15/h6-8,11H,4-5,9-10H2,1-3H3. The fourth-order valence-corrected chi connectivity index (χ4v) is 1.63. The Morgan fingerprint density at radius 3 is 2.56 bits per heavy atom. The van der Waals surface area contributed by atoms with Crippen molar-refractivity contribution in [2.75, 3.05) is 12.5 Å². The van der Waals surface area contributed by atoms with Gasteiger partial charge < -0.3 is 4.74 Å². The minimum absolute atomic E-state index is 0.176. The van der Waals surface area contributed by atoms with Gasteiger partial charge in [0.1, 0.15) is 5.75 Å². The zero-order valence-electron chi connectivity index (χ0n) is 10.4. The SMILES string of the molecule is CC(C)(C)c1cccc(OCCCCCl)c1. The van der Waals surface area contributed by atoms with Gasteiger partial charge >= 0.3 is 0 Å². The molecule has 0 unspecified atom stereocenters. The first-order chi connectivity index (χ1) is 7.54. The summed E-state index contributed by atoms with van der Waals surface area (Å²) in [6, 6.07) is 8.33. The summed E-state index contributed by atoms with van der Waals surface area (Å²) in [5, 5.41) is 0. The van der Waals surface area contributed by atoms with E-state index in [0.717, 1.165) is 25.2 Å². The van der Waals surface area contributed by atoms with Crippen LogP contribution in [-0.2, 0) is 5.41 Å². The van der Waals surface area contributed by atoms with E-state index in [4.69, 9.17) is 16.3 Å². The molecule has 0 radical (unpaired) electrons. The van der Waals surface area contributed by atoms with Crippen LogP contribution in [0.4, 0.5) is 0 Å². The molecule has 0 amide bonds. The number of halogens is 1. The van der Waals surface area contributed by atoms with Crippen LogP contribution >= 0.6 is 11.6 Å². The van der Waals surface area contributed by atoms with Gasteiger partial charge in [-0.15, -0.1) is 11.6 Å². The molecule has 0 atom stereocenters. The number of hydrogen-bond donors (Lipinski definition) is 0. The van der Waals surface area contributed by atoms with Crippen molar-refractivity contribution in [3.63, 3.8) is 0 Å². The fraction of sp³-hybridized carbons (Fsp3) is 0.571. The molecule has 0 aliphatic carbocycles. The number of ether oxygens (including phenoxy) is 1. The molecule has 1 nitrogen and oxygen atoms in total. The Morgan fingerprint density at radius 2 is 1.94 bits per heavy atom. The molecular weight excluding hydrogens is 220 g/mol. The highest BCUT2D eigenvalue weighted by Gasteiger charge is 2.13. The van der Waals surface area contributed by atoms with Crippen molar-refractivity contribution in [1.82, 2.24) is 0 Å². The summed E-state index contributed by atoms with van der Waals surface area (Å²) < 4.78 is 5.69. The summed E-state index contributed by atoms with van der Waals surface area (Å²) in [6.07, 6.45) is 2.03. The van der Waals surface area contributed by atoms with Crippen LogP contribution in [-0.4, -0.2) is 12.5 Å². The second-order valence-corrected chi connectivity index (χ2v) is 5.40. The Morgan fingerprint density at radius 1 is 1.19 bits per heavy atom. The minimum Gasteiger partial charge on any atom is -0.494 e. The third-order valence-electron chi connectivity index (χ3n) is 2.50. The summed E-state index contributed by atoms with van der Waals surface area (Å²) in [5.41, 5.74) is 1.48. The van der Waals surface area contributed by atoms with Crippen molar-refractivity contribution in [1.29, 1.82) is 0 Å². The molecule has 0 bridgehead atoms. The summed E-state index contributed by atoms with van der Waals surface area (Å²) >= 11 is 5.61. The maximum Gasteiger partial charge on any atom is 0.119 e. The van der Waals surface area contributed by atoms with E-state index in [1.807, 2.05) is 6.07 Å². The lowest BCUT2D eigenvalue weighted by Gasteiger charge is -2.19. The Labute approximate surface area is 104 Å². The van der Waals surface area contributed by atoms with E-state index < -0.39 is 0 Å². The van der Waals surface area contributed by atoms with Gasteiger partial charge in [0.05, 0.1) is 6.61 Å². The zero-order valence-corrected chi connectivity index (χ0v) is 11.2. The fourth-order valence-electron chi connectivity index (χ4n) is 1.44. The first kappa shape index (κ1) is 13.4. The first-order valence-corrected chi connectivity index (χ1v) is 6.37. The van der Waals surface area contributed by atoms with E-state index in [9.17, 15) is 0 Å². The molecule has 1 aromatic carbocycles. The highest BCUT2D eigenvalue weighted by atomic mass is 35.5. The zero-order chi connectivity index (χ0) is 12.0. The van der Waals surface area contributed by atoms with E-state index in [1.54, 1.807) is 0 Å². The van der Waals surface area contributed by atoms with Crippen molar-refractivity contribution in [2.45, 2.75) is 39.0 Å². The minimum atomic E-state index is 0.176. The van der Waals surface area contributed by atoms with E-state index in [2.05, 4.69) is 39.0 Å². The van der Waals surface area contributed by atoms with Gasteiger partial charge in [0.25, 0.3) is 0 Å². The highest BCUT2D eigenvalue weighted by molar-refractivity contribution is 6.17. The molecule has 1 rings (SSSR count). The maximum atomic E-state index is 5.69. The molecule has 0 heterocycles. The molecule has 0 N–H and O–H groups in total. The van der Waals surface area contributed by atoms with Crippen molar-refractivity contribution in [2.24, 2.45) is 0 Å². The second-order valence-electron chi connectivity index (χ2n) is 5.02. The third-order valence-corrected chi connectivity index (χ3v) is 2.76. The lowest BCUT2D eigenvalue weighted by atomic mass is 9.87. The van der Waals surface area contributed by atoms with Gasteiger partial charge in [-0.1, -0.05) is 32.9 Å². The number of alkyl halides is 1. The molecule has 0 saturated carbocycles. The predicted molar refractivity (Wildman–Crippen MR) is 70.6 cm³/mol. The number of unbranched alkanes of at least 4 members (excludes halogenated alkanes) is 1. The summed E-state index contributed by atoms with van der Waals surface area (Å²) in [4.78, 5) is 0. The van der Waals surface area contributed by atoms with Crippen LogP contribution < -0.4 is 4.74 Å². The molecule has 1 aromatic rings. The average Bonchev–Trinajstić information content (AvgIpc) is 2.24. The van der Waals surface area contributed by atoms with Crippen molar-refractivity contribution in [3.8, 4) is 5.75 Å². The molecule has 0 aliphatic rings. The van der Waals surface area contributed by atoms with Crippen LogP contribution in [0.1, 0.15) is 39.2 Å². The number of benzene rings is 1. The van der Waals surface area contributed by atoms with Crippen LogP contribution in [0.3, 0.4) is 0 Å². The molecule has 0 spiro atoms. The molecular formula is C14H21ClO. The van der Waals surface area contributed by atoms with Gasteiger partial charge in [-0.05, 0) is 36.0 Å². The molecule has 90 valence electrons. The van der Waals surface area contributed by atoms with Gasteiger partial charge in [0.15, 0.2) is 0 Å². The van der Waals surface area contributed by atoms with E-state index in [1.165, 1.54) is 5.56 Å². The third kappa shape index (κ3) is 4.44. The Balaban J connectivity index is 2.54. The topological polar surface area (TPSA) is 9.23 Å². The van der Waals surface area contributed by atoms with Crippen molar-refractivity contribution in [3.05, 3.63) is 29.8 Å². The Bertz CT molecular complexity index is 315. The smallest absolute Gasteiger partial charge is 0.119 e. The average molecular weight is 241 g/mol. The lowest BCUT2D eigenvalue weighted by Crippen LogP contribution is -2.11. The number of rotatable bonds is 5. The largest absolute Gasteiger partial charge is 0.494 e. The van der Waals surface area contributed by atoms with Crippen LogP contribution in [0.15, 0.2) is 24.3 Å². The number of hydrogen-bond acceptors (Lipinski definition) is 1. The van der Waals surface area contributed by atoms with Crippen LogP contribution in [0.2, 0.25) is 0 Å². The van der Waals surface area contributed by atoms with E-state index >= 15 is 0 Å². The molecule has 2 heteroatoms. The Kier molecular flexibility index (Phi) is 5.14. The monoisotopic (exact) mass is 240 g/mol. The van der Waals surface area contributed by atoms with Gasteiger partial charge in [-0.2, -0.15) is 0 Å². The van der Waals surface area contributed by atoms with Crippen LogP contribution in [0, 0.1) is 0 Å². The molecule has 0 aromatic heterocycles. The van der Waals surface area contributed by atoms with Crippen LogP contribution in [0.5, 0.6) is 5.75 Å². The van der Waals surface area contributed by atoms with Gasteiger partial charge in [-0.3, -0.25) is 0 Å². The first-order valence-electron chi connectivity index (χ1n) is 5.83. The molecule has 0 aliphatic heterocycles. The molecule has 16 heavy (non-hydrogen) atoms. The Hall–Kier alpha value is -0.690. The quantitative estimate of drug-likeness (QED) is 0.548. The summed E-state index contributed by atoms with van der Waals surface area (Å²) in [7, 11) is 0. The van der Waals surface area contributed by atoms with Gasteiger partial charge in [0, 0.05) is 5.88 Å². The summed E-state index contributed by atoms with van der Waals surface area (Å²) in [5.74, 6) is 1.67. The second kappa shape index (κ2) is 6.15. The predicted octanol–water partition coefficient (Wildman–Crippen LogP) is 4.38. The normalized spacial score (nSPS) is 11.5. The van der Waals surface area contributed by atoms with E-state index in [-0.39, 0.29) is 5.41 Å². The van der Waals surface area contributed by atoms with Crippen molar-refractivity contribution < 1.29 is 4.74 Å². The highest BCUT2D eigenvalue weighted by Crippen LogP contribution is 2.25. The van der Waals surface area contributed by atoms with Crippen LogP contribution in [0.25, 0.3) is 0 Å². The maximum absolute atomic E-state index is 5.69.